The Labute approximate surface area is 61.6 Å². The molecule has 0 saturated heterocycles. The molecule has 0 spiro atoms. The minimum atomic E-state index is -1.31. The van der Waals surface area contributed by atoms with Crippen LogP contribution in [-0.2, 0) is 0 Å². The largest absolute Gasteiger partial charge is 0.387 e. The van der Waals surface area contributed by atoms with Crippen LogP contribution in [0, 0.1) is 0 Å². The minimum Gasteiger partial charge on any atom is -0.387 e. The molecule has 1 N–H and O–H groups in total. The van der Waals surface area contributed by atoms with Gasteiger partial charge in [0.25, 0.3) is 0 Å². The first-order chi connectivity index (χ1) is 4.41. The molecule has 0 aliphatic heterocycles. The zero-order chi connectivity index (χ0) is 8.36. The van der Waals surface area contributed by atoms with Gasteiger partial charge in [-0.05, 0) is 25.8 Å². The van der Waals surface area contributed by atoms with Gasteiger partial charge in [-0.15, -0.1) is 0 Å². The Kier molecular flexibility index (Phi) is 3.03. The first kappa shape index (κ1) is 9.63. The first-order valence-corrected chi connectivity index (χ1v) is 3.43. The number of hydrogen-bond acceptors (Lipinski definition) is 1. The van der Waals surface area contributed by atoms with E-state index in [1.54, 1.807) is 13.8 Å². The van der Waals surface area contributed by atoms with Crippen LogP contribution >= 0.6 is 0 Å². The average Bonchev–Trinajstić information content (AvgIpc) is 1.86. The Morgan fingerprint density at radius 2 is 2.20 bits per heavy atom. The second-order valence-corrected chi connectivity index (χ2v) is 2.92. The van der Waals surface area contributed by atoms with Crippen LogP contribution in [0.2, 0.25) is 0 Å². The third-order valence-corrected chi connectivity index (χ3v) is 1.69. The van der Waals surface area contributed by atoms with Crippen molar-refractivity contribution in [2.24, 2.45) is 0 Å². The quantitative estimate of drug-likeness (QED) is 0.604. The molecule has 0 aliphatic carbocycles. The van der Waals surface area contributed by atoms with Crippen molar-refractivity contribution < 1.29 is 9.50 Å². The molecule has 0 rings (SSSR count). The van der Waals surface area contributed by atoms with E-state index in [4.69, 9.17) is 0 Å². The zero-order valence-electron chi connectivity index (χ0n) is 6.82. The van der Waals surface area contributed by atoms with Crippen molar-refractivity contribution in [1.82, 2.24) is 0 Å². The maximum Gasteiger partial charge on any atom is 0.149 e. The lowest BCUT2D eigenvalue weighted by Gasteiger charge is -2.25. The van der Waals surface area contributed by atoms with Gasteiger partial charge in [-0.25, -0.2) is 4.39 Å². The predicted octanol–water partition coefficient (Wildman–Crippen LogP) is 2.06. The van der Waals surface area contributed by atoms with Gasteiger partial charge in [0.1, 0.15) is 6.17 Å². The summed E-state index contributed by atoms with van der Waals surface area (Å²) in [7, 11) is 0. The fourth-order valence-corrected chi connectivity index (χ4v) is 0.710. The summed E-state index contributed by atoms with van der Waals surface area (Å²) in [5.74, 6) is 0. The number of aliphatic hydroxyl groups is 1. The van der Waals surface area contributed by atoms with Crippen LogP contribution in [0.1, 0.15) is 27.2 Å². The van der Waals surface area contributed by atoms with Gasteiger partial charge in [-0.2, -0.15) is 0 Å². The van der Waals surface area contributed by atoms with E-state index in [9.17, 15) is 9.50 Å². The Bertz CT molecular complexity index is 129. The molecule has 2 atom stereocenters. The van der Waals surface area contributed by atoms with E-state index < -0.39 is 11.8 Å². The van der Waals surface area contributed by atoms with Crippen molar-refractivity contribution in [3.05, 3.63) is 12.2 Å². The molecule has 0 radical (unpaired) electrons. The molecular weight excluding hydrogens is 131 g/mol. The van der Waals surface area contributed by atoms with Crippen LogP contribution in [0.3, 0.4) is 0 Å². The summed E-state index contributed by atoms with van der Waals surface area (Å²) < 4.78 is 13.0. The summed E-state index contributed by atoms with van der Waals surface area (Å²) in [5, 5.41) is 9.33. The van der Waals surface area contributed by atoms with Crippen molar-refractivity contribution in [3.8, 4) is 0 Å². The molecule has 0 aromatic carbocycles. The van der Waals surface area contributed by atoms with Gasteiger partial charge >= 0.3 is 0 Å². The normalized spacial score (nSPS) is 19.7. The highest BCUT2D eigenvalue weighted by atomic mass is 19.1. The van der Waals surface area contributed by atoms with Crippen LogP contribution in [-0.4, -0.2) is 16.9 Å². The molecular formula is C8H15FO. The minimum absolute atomic E-state index is 0.381. The third-order valence-electron chi connectivity index (χ3n) is 1.69. The van der Waals surface area contributed by atoms with E-state index in [0.717, 1.165) is 0 Å². The summed E-state index contributed by atoms with van der Waals surface area (Å²) in [6.45, 7) is 8.24. The van der Waals surface area contributed by atoms with Gasteiger partial charge in [-0.3, -0.25) is 0 Å². The zero-order valence-corrected chi connectivity index (χ0v) is 6.82. The van der Waals surface area contributed by atoms with E-state index in [1.165, 1.54) is 6.92 Å². The van der Waals surface area contributed by atoms with Crippen LogP contribution < -0.4 is 0 Å². The molecule has 0 bridgehead atoms. The van der Waals surface area contributed by atoms with Gasteiger partial charge in [0.05, 0.1) is 5.60 Å². The predicted molar refractivity (Wildman–Crippen MR) is 40.6 cm³/mol. The summed E-state index contributed by atoms with van der Waals surface area (Å²) in [6, 6.07) is 0. The highest BCUT2D eigenvalue weighted by Crippen LogP contribution is 2.22. The van der Waals surface area contributed by atoms with E-state index >= 15 is 0 Å². The van der Waals surface area contributed by atoms with Crippen LogP contribution in [0.15, 0.2) is 12.2 Å². The van der Waals surface area contributed by atoms with E-state index in [0.29, 0.717) is 12.0 Å². The molecule has 0 amide bonds. The van der Waals surface area contributed by atoms with Gasteiger partial charge in [-0.1, -0.05) is 13.5 Å². The third kappa shape index (κ3) is 2.10. The lowest BCUT2D eigenvalue weighted by atomic mass is 9.93. The average molecular weight is 146 g/mol. The van der Waals surface area contributed by atoms with E-state index in [2.05, 4.69) is 6.58 Å². The fourth-order valence-electron chi connectivity index (χ4n) is 0.710. The van der Waals surface area contributed by atoms with Crippen LogP contribution in [0.25, 0.3) is 0 Å². The second-order valence-electron chi connectivity index (χ2n) is 2.92. The summed E-state index contributed by atoms with van der Waals surface area (Å²) >= 11 is 0. The number of halogens is 1. The molecule has 0 aromatic rings. The van der Waals surface area contributed by atoms with E-state index in [-0.39, 0.29) is 0 Å². The van der Waals surface area contributed by atoms with Crippen molar-refractivity contribution in [2.45, 2.75) is 39.0 Å². The molecule has 10 heavy (non-hydrogen) atoms. The Hall–Kier alpha value is -0.370. The standard InChI is InChI=1S/C8H15FO/c1-5-8(4,10)7(9)6(2)3/h7,10H,2,5H2,1,3-4H3/t7-,8-/m0/s1. The fraction of sp³-hybridized carbons (Fsp3) is 0.750. The topological polar surface area (TPSA) is 20.2 Å². The monoisotopic (exact) mass is 146 g/mol. The van der Waals surface area contributed by atoms with Crippen molar-refractivity contribution in [3.63, 3.8) is 0 Å². The molecule has 0 aromatic heterocycles. The lowest BCUT2D eigenvalue weighted by Crippen LogP contribution is -2.35. The van der Waals surface area contributed by atoms with Crippen LogP contribution in [0.4, 0.5) is 4.39 Å². The van der Waals surface area contributed by atoms with Gasteiger partial charge in [0.2, 0.25) is 0 Å². The van der Waals surface area contributed by atoms with Gasteiger partial charge < -0.3 is 5.11 Å². The summed E-state index contributed by atoms with van der Waals surface area (Å²) in [4.78, 5) is 0. The highest BCUT2D eigenvalue weighted by molar-refractivity contribution is 5.05. The molecule has 0 heterocycles. The van der Waals surface area contributed by atoms with Gasteiger partial charge in [0.15, 0.2) is 0 Å². The summed E-state index contributed by atoms with van der Waals surface area (Å²) in [6.07, 6.45) is -0.904. The Balaban J connectivity index is 4.17. The molecule has 1 nitrogen and oxygen atoms in total. The van der Waals surface area contributed by atoms with Gasteiger partial charge in [0, 0.05) is 0 Å². The molecule has 0 unspecified atom stereocenters. The SMILES string of the molecule is C=C(C)[C@H](F)[C@@](C)(O)CC. The van der Waals surface area contributed by atoms with Crippen LogP contribution in [0.5, 0.6) is 0 Å². The van der Waals surface area contributed by atoms with Crippen molar-refractivity contribution in [2.75, 3.05) is 0 Å². The van der Waals surface area contributed by atoms with E-state index in [1.807, 2.05) is 0 Å². The summed E-state index contributed by atoms with van der Waals surface area (Å²) in [5.41, 5.74) is -0.863. The first-order valence-electron chi connectivity index (χ1n) is 3.43. The van der Waals surface area contributed by atoms with Crippen molar-refractivity contribution in [1.29, 1.82) is 0 Å². The Morgan fingerprint density at radius 1 is 1.80 bits per heavy atom. The molecule has 60 valence electrons. The number of hydrogen-bond donors (Lipinski definition) is 1. The molecule has 0 saturated carbocycles. The maximum absolute atomic E-state index is 13.0. The number of rotatable bonds is 3. The Morgan fingerprint density at radius 3 is 2.30 bits per heavy atom. The number of alkyl halides is 1. The smallest absolute Gasteiger partial charge is 0.149 e. The lowest BCUT2D eigenvalue weighted by molar-refractivity contribution is -0.00647. The molecule has 0 aliphatic rings. The van der Waals surface area contributed by atoms with Crippen molar-refractivity contribution >= 4 is 0 Å². The maximum atomic E-state index is 13.0. The second kappa shape index (κ2) is 3.15. The highest BCUT2D eigenvalue weighted by Gasteiger charge is 2.30. The molecule has 0 fully saturated rings. The molecule has 2 heteroatoms.